The molecule has 2 fully saturated rings. The van der Waals surface area contributed by atoms with Gasteiger partial charge in [0.15, 0.2) is 0 Å². The predicted octanol–water partition coefficient (Wildman–Crippen LogP) is 4.14. The van der Waals surface area contributed by atoms with Crippen molar-refractivity contribution >= 4 is 6.08 Å². The van der Waals surface area contributed by atoms with Crippen LogP contribution in [0.15, 0.2) is 36.4 Å². The molecule has 0 nitrogen and oxygen atoms in total. The molecule has 0 amide bonds. The lowest BCUT2D eigenvalue weighted by atomic mass is 9.88. The fraction of sp³-hybridized carbons (Fsp3) is 0.467. The van der Waals surface area contributed by atoms with Gasteiger partial charge >= 0.3 is 0 Å². The molecule has 0 radical (unpaired) electrons. The topological polar surface area (TPSA) is 0 Å². The summed E-state index contributed by atoms with van der Waals surface area (Å²) in [6, 6.07) is 10.7. The number of fused-ring (bicyclic) bond motifs is 2. The van der Waals surface area contributed by atoms with Gasteiger partial charge in [-0.2, -0.15) is 0 Å². The SMILES string of the molecule is C(=C\[C@H]1CC2CCC1C2)/c1ccccc1. The predicted molar refractivity (Wildman–Crippen MR) is 64.4 cm³/mol. The minimum absolute atomic E-state index is 0.879. The molecule has 1 aromatic rings. The van der Waals surface area contributed by atoms with Gasteiger partial charge in [-0.1, -0.05) is 48.9 Å². The van der Waals surface area contributed by atoms with Crippen LogP contribution in [0.4, 0.5) is 0 Å². The maximum absolute atomic E-state index is 2.46. The van der Waals surface area contributed by atoms with Crippen molar-refractivity contribution in [2.45, 2.75) is 25.7 Å². The molecule has 78 valence electrons. The third-order valence-electron chi connectivity index (χ3n) is 4.13. The first-order valence-corrected chi connectivity index (χ1v) is 6.15. The summed E-state index contributed by atoms with van der Waals surface area (Å²) >= 11 is 0. The van der Waals surface area contributed by atoms with E-state index in [-0.39, 0.29) is 0 Å². The van der Waals surface area contributed by atoms with Crippen molar-refractivity contribution in [3.8, 4) is 0 Å². The highest BCUT2D eigenvalue weighted by atomic mass is 14.4. The van der Waals surface area contributed by atoms with Crippen molar-refractivity contribution in [2.75, 3.05) is 0 Å². The summed E-state index contributed by atoms with van der Waals surface area (Å²) in [6.45, 7) is 0. The largest absolute Gasteiger partial charge is 0.0805 e. The normalized spacial score (nSPS) is 34.0. The Labute approximate surface area is 92.0 Å². The lowest BCUT2D eigenvalue weighted by molar-refractivity contribution is 0.396. The molecule has 0 aliphatic heterocycles. The Morgan fingerprint density at radius 2 is 1.87 bits per heavy atom. The maximum Gasteiger partial charge on any atom is -0.0199 e. The molecular formula is C15H18. The van der Waals surface area contributed by atoms with E-state index in [9.17, 15) is 0 Å². The first kappa shape index (κ1) is 9.21. The zero-order chi connectivity index (χ0) is 10.1. The summed E-state index contributed by atoms with van der Waals surface area (Å²) in [7, 11) is 0. The molecule has 0 N–H and O–H groups in total. The molecule has 2 unspecified atom stereocenters. The van der Waals surface area contributed by atoms with Crippen LogP contribution in [-0.2, 0) is 0 Å². The van der Waals surface area contributed by atoms with E-state index in [2.05, 4.69) is 42.5 Å². The van der Waals surface area contributed by atoms with Crippen molar-refractivity contribution < 1.29 is 0 Å². The van der Waals surface area contributed by atoms with Crippen LogP contribution < -0.4 is 0 Å². The summed E-state index contributed by atoms with van der Waals surface area (Å²) < 4.78 is 0. The average Bonchev–Trinajstić information content (AvgIpc) is 2.89. The van der Waals surface area contributed by atoms with E-state index in [4.69, 9.17) is 0 Å². The molecule has 1 aromatic carbocycles. The van der Waals surface area contributed by atoms with E-state index in [0.29, 0.717) is 0 Å². The Hall–Kier alpha value is -1.04. The number of benzene rings is 1. The molecule has 3 atom stereocenters. The van der Waals surface area contributed by atoms with Crippen molar-refractivity contribution in [1.82, 2.24) is 0 Å². The van der Waals surface area contributed by atoms with Gasteiger partial charge in [0.25, 0.3) is 0 Å². The zero-order valence-electron chi connectivity index (χ0n) is 9.10. The summed E-state index contributed by atoms with van der Waals surface area (Å²) in [6.07, 6.45) is 10.7. The van der Waals surface area contributed by atoms with E-state index in [0.717, 1.165) is 17.8 Å². The van der Waals surface area contributed by atoms with Gasteiger partial charge < -0.3 is 0 Å². The maximum atomic E-state index is 2.46. The lowest BCUT2D eigenvalue weighted by Gasteiger charge is -2.17. The monoisotopic (exact) mass is 198 g/mol. The minimum Gasteiger partial charge on any atom is -0.0805 e. The first-order chi connectivity index (χ1) is 7.42. The Morgan fingerprint density at radius 3 is 2.53 bits per heavy atom. The van der Waals surface area contributed by atoms with Gasteiger partial charge in [0.2, 0.25) is 0 Å². The summed E-state index contributed by atoms with van der Waals surface area (Å²) in [4.78, 5) is 0. The highest BCUT2D eigenvalue weighted by Crippen LogP contribution is 2.48. The first-order valence-electron chi connectivity index (χ1n) is 6.15. The Bertz CT molecular complexity index is 350. The molecule has 0 aromatic heterocycles. The molecule has 2 saturated carbocycles. The van der Waals surface area contributed by atoms with Crippen molar-refractivity contribution in [3.05, 3.63) is 42.0 Å². The van der Waals surface area contributed by atoms with E-state index >= 15 is 0 Å². The van der Waals surface area contributed by atoms with Gasteiger partial charge in [-0.25, -0.2) is 0 Å². The van der Waals surface area contributed by atoms with E-state index < -0.39 is 0 Å². The molecule has 2 aliphatic rings. The second kappa shape index (κ2) is 3.84. The van der Waals surface area contributed by atoms with Gasteiger partial charge in [-0.3, -0.25) is 0 Å². The fourth-order valence-electron chi connectivity index (χ4n) is 3.33. The summed E-state index contributed by atoms with van der Waals surface area (Å²) in [5, 5.41) is 0. The summed E-state index contributed by atoms with van der Waals surface area (Å²) in [5.74, 6) is 2.94. The van der Waals surface area contributed by atoms with Crippen LogP contribution in [0.2, 0.25) is 0 Å². The average molecular weight is 198 g/mol. The molecule has 3 rings (SSSR count). The van der Waals surface area contributed by atoms with Crippen LogP contribution in [0.5, 0.6) is 0 Å². The molecule has 0 saturated heterocycles. The molecule has 15 heavy (non-hydrogen) atoms. The number of hydrogen-bond acceptors (Lipinski definition) is 0. The van der Waals surface area contributed by atoms with Crippen LogP contribution >= 0.6 is 0 Å². The quantitative estimate of drug-likeness (QED) is 0.670. The molecular weight excluding hydrogens is 180 g/mol. The third kappa shape index (κ3) is 1.86. The number of allylic oxidation sites excluding steroid dienone is 1. The molecule has 2 bridgehead atoms. The van der Waals surface area contributed by atoms with Crippen molar-refractivity contribution in [1.29, 1.82) is 0 Å². The highest BCUT2D eigenvalue weighted by Gasteiger charge is 2.37. The second-order valence-corrected chi connectivity index (χ2v) is 5.11. The van der Waals surface area contributed by atoms with Crippen LogP contribution in [0.25, 0.3) is 6.08 Å². The van der Waals surface area contributed by atoms with E-state index in [1.165, 1.54) is 31.2 Å². The van der Waals surface area contributed by atoms with E-state index in [1.54, 1.807) is 0 Å². The fourth-order valence-corrected chi connectivity index (χ4v) is 3.33. The highest BCUT2D eigenvalue weighted by molar-refractivity contribution is 5.49. The molecule has 2 aliphatic carbocycles. The minimum atomic E-state index is 0.879. The van der Waals surface area contributed by atoms with Gasteiger partial charge in [0.1, 0.15) is 0 Å². The lowest BCUT2D eigenvalue weighted by Crippen LogP contribution is -2.06. The van der Waals surface area contributed by atoms with Gasteiger partial charge in [0.05, 0.1) is 0 Å². The van der Waals surface area contributed by atoms with Crippen LogP contribution in [-0.4, -0.2) is 0 Å². The van der Waals surface area contributed by atoms with Gasteiger partial charge in [-0.05, 0) is 42.6 Å². The molecule has 0 heteroatoms. The van der Waals surface area contributed by atoms with Crippen LogP contribution in [0.1, 0.15) is 31.2 Å². The van der Waals surface area contributed by atoms with Crippen LogP contribution in [0.3, 0.4) is 0 Å². The Morgan fingerprint density at radius 1 is 1.00 bits per heavy atom. The molecule has 0 spiro atoms. The standard InChI is InChI=1S/C15H18/c1-2-4-12(5-3-1)6-8-14-10-13-7-9-15(14)11-13/h1-6,8,13-15H,7,9-11H2/b8-6+/t13?,14-,15?/m0/s1. The van der Waals surface area contributed by atoms with Gasteiger partial charge in [0, 0.05) is 0 Å². The van der Waals surface area contributed by atoms with E-state index in [1.807, 2.05) is 0 Å². The smallest absolute Gasteiger partial charge is 0.0199 e. The van der Waals surface area contributed by atoms with Gasteiger partial charge in [-0.15, -0.1) is 0 Å². The van der Waals surface area contributed by atoms with Crippen molar-refractivity contribution in [2.24, 2.45) is 17.8 Å². The number of hydrogen-bond donors (Lipinski definition) is 0. The molecule has 0 heterocycles. The Kier molecular flexibility index (Phi) is 2.36. The van der Waals surface area contributed by atoms with Crippen LogP contribution in [0, 0.1) is 17.8 Å². The third-order valence-corrected chi connectivity index (χ3v) is 4.13. The Balaban J connectivity index is 1.68. The second-order valence-electron chi connectivity index (χ2n) is 5.11. The number of rotatable bonds is 2. The van der Waals surface area contributed by atoms with Crippen molar-refractivity contribution in [3.63, 3.8) is 0 Å². The zero-order valence-corrected chi connectivity index (χ0v) is 9.10. The summed E-state index contributed by atoms with van der Waals surface area (Å²) in [5.41, 5.74) is 1.35.